The molecule has 0 aliphatic carbocycles. The molecule has 4 nitrogen and oxygen atoms in total. The van der Waals surface area contributed by atoms with Crippen molar-refractivity contribution in [2.45, 2.75) is 26.7 Å². The quantitative estimate of drug-likeness (QED) is 0.725. The lowest BCUT2D eigenvalue weighted by molar-refractivity contribution is 0.460. The highest BCUT2D eigenvalue weighted by Crippen LogP contribution is 2.36. The van der Waals surface area contributed by atoms with Gasteiger partial charge < -0.3 is 5.11 Å². The molecule has 0 saturated carbocycles. The Balaban J connectivity index is 2.13. The molecule has 3 aromatic rings. The molecule has 0 aliphatic heterocycles. The summed E-state index contributed by atoms with van der Waals surface area (Å²) in [5.74, 6) is -0.416. The number of aromatic hydroxyl groups is 1. The van der Waals surface area contributed by atoms with E-state index in [2.05, 4.69) is 5.10 Å². The number of aromatic nitrogens is 2. The van der Waals surface area contributed by atoms with Crippen LogP contribution in [0.5, 0.6) is 5.75 Å². The van der Waals surface area contributed by atoms with Crippen LogP contribution in [0.4, 0.5) is 4.39 Å². The maximum Gasteiger partial charge on any atom is 0.278 e. The van der Waals surface area contributed by atoms with Gasteiger partial charge in [-0.05, 0) is 67.1 Å². The van der Waals surface area contributed by atoms with Crippen LogP contribution in [0.2, 0.25) is 5.02 Å². The minimum absolute atomic E-state index is 0.133. The van der Waals surface area contributed by atoms with E-state index >= 15 is 0 Å². The molecule has 0 unspecified atom stereocenters. The summed E-state index contributed by atoms with van der Waals surface area (Å²) in [5.41, 5.74) is 3.41. The maximum absolute atomic E-state index is 13.1. The van der Waals surface area contributed by atoms with Gasteiger partial charge in [0.2, 0.25) is 0 Å². The Morgan fingerprint density at radius 1 is 1.07 bits per heavy atom. The fraction of sp³-hybridized carbons (Fsp3) is 0.238. The molecule has 27 heavy (non-hydrogen) atoms. The minimum atomic E-state index is -0.383. The first-order chi connectivity index (χ1) is 12.8. The summed E-state index contributed by atoms with van der Waals surface area (Å²) in [4.78, 5) is 12.7. The van der Waals surface area contributed by atoms with Crippen molar-refractivity contribution in [1.29, 1.82) is 0 Å². The van der Waals surface area contributed by atoms with Gasteiger partial charge in [-0.2, -0.15) is 5.10 Å². The van der Waals surface area contributed by atoms with Crippen LogP contribution in [0.1, 0.15) is 22.4 Å². The number of halogens is 2. The molecule has 0 fully saturated rings. The Morgan fingerprint density at radius 2 is 1.74 bits per heavy atom. The van der Waals surface area contributed by atoms with Gasteiger partial charge in [0, 0.05) is 12.1 Å². The van der Waals surface area contributed by atoms with Gasteiger partial charge in [-0.3, -0.25) is 4.79 Å². The first kappa shape index (κ1) is 19.1. The molecule has 2 aromatic carbocycles. The summed E-state index contributed by atoms with van der Waals surface area (Å²) in [6.07, 6.45) is 1.17. The van der Waals surface area contributed by atoms with E-state index in [9.17, 15) is 14.3 Å². The van der Waals surface area contributed by atoms with Gasteiger partial charge in [0.1, 0.15) is 11.5 Å². The average Bonchev–Trinajstić information content (AvgIpc) is 2.63. The lowest BCUT2D eigenvalue weighted by Gasteiger charge is -2.17. The third-order valence-electron chi connectivity index (χ3n) is 4.68. The van der Waals surface area contributed by atoms with Gasteiger partial charge in [0.25, 0.3) is 5.56 Å². The Morgan fingerprint density at radius 3 is 2.41 bits per heavy atom. The van der Waals surface area contributed by atoms with Crippen molar-refractivity contribution in [3.63, 3.8) is 0 Å². The zero-order valence-corrected chi connectivity index (χ0v) is 16.1. The maximum atomic E-state index is 13.1. The second kappa shape index (κ2) is 7.53. The van der Waals surface area contributed by atoms with Crippen LogP contribution in [0.3, 0.4) is 0 Å². The topological polar surface area (TPSA) is 55.1 Å². The van der Waals surface area contributed by atoms with Crippen LogP contribution in [-0.4, -0.2) is 14.9 Å². The van der Waals surface area contributed by atoms with Gasteiger partial charge >= 0.3 is 0 Å². The van der Waals surface area contributed by atoms with Gasteiger partial charge in [-0.1, -0.05) is 29.8 Å². The van der Waals surface area contributed by atoms with E-state index in [0.29, 0.717) is 29.1 Å². The standard InChI is InChI=1S/C21H20ClFN2O2/c1-12-4-11-17(22)16(10-7-14-5-8-15(23)9-6-14)18(12)19-20(26)13(2)24-25(3)21(19)27/h4-6,8-9,11,26H,7,10H2,1-3H3. The van der Waals surface area contributed by atoms with Crippen molar-refractivity contribution < 1.29 is 9.50 Å². The van der Waals surface area contributed by atoms with Gasteiger partial charge in [0.05, 0.1) is 5.56 Å². The predicted octanol–water partition coefficient (Wildman–Crippen LogP) is 4.35. The zero-order chi connectivity index (χ0) is 19.7. The highest BCUT2D eigenvalue weighted by Gasteiger charge is 2.21. The van der Waals surface area contributed by atoms with Crippen LogP contribution in [-0.2, 0) is 19.9 Å². The molecule has 0 amide bonds. The summed E-state index contributed by atoms with van der Waals surface area (Å²) >= 11 is 6.46. The normalized spacial score (nSPS) is 11.0. The molecule has 1 aromatic heterocycles. The monoisotopic (exact) mass is 386 g/mol. The first-order valence-electron chi connectivity index (χ1n) is 8.59. The predicted molar refractivity (Wildman–Crippen MR) is 105 cm³/mol. The molecule has 0 bridgehead atoms. The molecule has 0 saturated heterocycles. The Labute approximate surface area is 161 Å². The second-order valence-corrected chi connectivity index (χ2v) is 6.99. The van der Waals surface area contributed by atoms with Crippen molar-refractivity contribution >= 4 is 11.6 Å². The highest BCUT2D eigenvalue weighted by molar-refractivity contribution is 6.31. The molecular formula is C21H20ClFN2O2. The smallest absolute Gasteiger partial charge is 0.278 e. The van der Waals surface area contributed by atoms with Gasteiger partial charge in [0.15, 0.2) is 5.75 Å². The lowest BCUT2D eigenvalue weighted by Crippen LogP contribution is -2.23. The van der Waals surface area contributed by atoms with Crippen molar-refractivity contribution in [3.8, 4) is 16.9 Å². The number of rotatable bonds is 4. The largest absolute Gasteiger partial charge is 0.505 e. The fourth-order valence-corrected chi connectivity index (χ4v) is 3.49. The van der Waals surface area contributed by atoms with E-state index in [1.807, 2.05) is 13.0 Å². The van der Waals surface area contributed by atoms with Gasteiger partial charge in [-0.25, -0.2) is 9.07 Å². The molecule has 3 rings (SSSR count). The van der Waals surface area contributed by atoms with Crippen molar-refractivity contribution in [2.24, 2.45) is 7.05 Å². The molecule has 1 N–H and O–H groups in total. The third kappa shape index (κ3) is 3.74. The number of nitrogens with zero attached hydrogens (tertiary/aromatic N) is 2. The average molecular weight is 387 g/mol. The van der Waals surface area contributed by atoms with Crippen molar-refractivity contribution in [3.05, 3.63) is 80.0 Å². The van der Waals surface area contributed by atoms with Crippen LogP contribution in [0.25, 0.3) is 11.1 Å². The molecule has 0 radical (unpaired) electrons. The Kier molecular flexibility index (Phi) is 5.33. The molecule has 0 aliphatic rings. The van der Waals surface area contributed by atoms with E-state index < -0.39 is 0 Å². The summed E-state index contributed by atoms with van der Waals surface area (Å²) in [6, 6.07) is 9.91. The third-order valence-corrected chi connectivity index (χ3v) is 5.03. The minimum Gasteiger partial charge on any atom is -0.505 e. The van der Waals surface area contributed by atoms with Crippen molar-refractivity contribution in [1.82, 2.24) is 9.78 Å². The molecule has 140 valence electrons. The summed E-state index contributed by atoms with van der Waals surface area (Å²) in [5, 5.41) is 15.1. The van der Waals surface area contributed by atoms with E-state index in [1.54, 1.807) is 32.2 Å². The Bertz CT molecular complexity index is 1060. The van der Waals surface area contributed by atoms with E-state index in [1.165, 1.54) is 16.8 Å². The van der Waals surface area contributed by atoms with Crippen LogP contribution < -0.4 is 5.56 Å². The molecule has 6 heteroatoms. The Hall–Kier alpha value is -2.66. The van der Waals surface area contributed by atoms with E-state index in [4.69, 9.17) is 11.6 Å². The molecule has 1 heterocycles. The zero-order valence-electron chi connectivity index (χ0n) is 15.4. The molecule has 0 spiro atoms. The van der Waals surface area contributed by atoms with Crippen LogP contribution in [0, 0.1) is 19.7 Å². The molecule has 0 atom stereocenters. The summed E-state index contributed by atoms with van der Waals surface area (Å²) in [6.45, 7) is 3.53. The summed E-state index contributed by atoms with van der Waals surface area (Å²) < 4.78 is 14.3. The number of hydrogen-bond acceptors (Lipinski definition) is 3. The van der Waals surface area contributed by atoms with Crippen LogP contribution >= 0.6 is 11.6 Å². The number of benzene rings is 2. The number of hydrogen-bond donors (Lipinski definition) is 1. The highest BCUT2D eigenvalue weighted by atomic mass is 35.5. The lowest BCUT2D eigenvalue weighted by atomic mass is 9.91. The SMILES string of the molecule is Cc1ccc(Cl)c(CCc2ccc(F)cc2)c1-c1c(O)c(C)nn(C)c1=O. The van der Waals surface area contributed by atoms with Crippen LogP contribution in [0.15, 0.2) is 41.2 Å². The summed E-state index contributed by atoms with van der Waals surface area (Å²) in [7, 11) is 1.55. The fourth-order valence-electron chi connectivity index (χ4n) is 3.24. The van der Waals surface area contributed by atoms with Gasteiger partial charge in [-0.15, -0.1) is 0 Å². The number of aryl methyl sites for hydroxylation is 4. The van der Waals surface area contributed by atoms with Crippen molar-refractivity contribution in [2.75, 3.05) is 0 Å². The molecular weight excluding hydrogens is 367 g/mol. The van der Waals surface area contributed by atoms with E-state index in [0.717, 1.165) is 16.7 Å². The van der Waals surface area contributed by atoms with E-state index in [-0.39, 0.29) is 22.7 Å². The second-order valence-electron chi connectivity index (χ2n) is 6.58. The first-order valence-corrected chi connectivity index (χ1v) is 8.97.